The minimum atomic E-state index is -0.624. The van der Waals surface area contributed by atoms with E-state index in [0.29, 0.717) is 5.69 Å². The van der Waals surface area contributed by atoms with Crippen LogP contribution in [0.5, 0.6) is 0 Å². The molecule has 0 saturated carbocycles. The maximum atomic E-state index is 13.5. The lowest BCUT2D eigenvalue weighted by molar-refractivity contribution is -0.120. The highest BCUT2D eigenvalue weighted by Crippen LogP contribution is 2.23. The zero-order valence-electron chi connectivity index (χ0n) is 8.37. The van der Waals surface area contributed by atoms with Crippen molar-refractivity contribution in [1.29, 1.82) is 0 Å². The van der Waals surface area contributed by atoms with Crippen LogP contribution in [-0.4, -0.2) is 18.5 Å². The van der Waals surface area contributed by atoms with Crippen molar-refractivity contribution in [1.82, 2.24) is 5.32 Å². The fourth-order valence-corrected chi connectivity index (χ4v) is 1.53. The first-order valence-electron chi connectivity index (χ1n) is 4.74. The van der Waals surface area contributed by atoms with E-state index >= 15 is 0 Å². The van der Waals surface area contributed by atoms with Crippen molar-refractivity contribution in [2.75, 3.05) is 17.2 Å². The monoisotopic (exact) mass is 223 g/mol. The molecular weight excluding hydrogens is 213 g/mol. The average molecular weight is 223 g/mol. The third-order valence-electron chi connectivity index (χ3n) is 2.31. The first-order valence-corrected chi connectivity index (χ1v) is 4.74. The summed E-state index contributed by atoms with van der Waals surface area (Å²) >= 11 is 0. The molecule has 0 radical (unpaired) electrons. The molecule has 1 heterocycles. The Balaban J connectivity index is 2.33. The Labute approximate surface area is 91.0 Å². The van der Waals surface area contributed by atoms with E-state index in [4.69, 9.17) is 5.73 Å². The van der Waals surface area contributed by atoms with Crippen molar-refractivity contribution in [2.24, 2.45) is 0 Å². The molecule has 1 aliphatic heterocycles. The van der Waals surface area contributed by atoms with E-state index in [1.54, 1.807) is 0 Å². The summed E-state index contributed by atoms with van der Waals surface area (Å²) in [5.41, 5.74) is 5.97. The molecule has 3 amide bonds. The predicted molar refractivity (Wildman–Crippen MR) is 56.3 cm³/mol. The number of urea groups is 1. The second kappa shape index (κ2) is 3.80. The maximum Gasteiger partial charge on any atom is 0.328 e. The minimum Gasteiger partial charge on any atom is -0.399 e. The molecule has 0 atom stereocenters. The zero-order chi connectivity index (χ0) is 11.7. The standard InChI is InChI=1S/C10H10FN3O2/c11-7-2-1-6(12)5-8(7)14-4-3-9(15)13-10(14)16/h1-2,5H,3-4,12H2,(H,13,15,16). The zero-order valence-corrected chi connectivity index (χ0v) is 8.37. The number of nitrogens with two attached hydrogens (primary N) is 1. The lowest BCUT2D eigenvalue weighted by Gasteiger charge is -2.26. The van der Waals surface area contributed by atoms with Crippen LogP contribution in [0.2, 0.25) is 0 Å². The smallest absolute Gasteiger partial charge is 0.328 e. The van der Waals surface area contributed by atoms with Gasteiger partial charge in [-0.15, -0.1) is 0 Å². The first kappa shape index (κ1) is 10.4. The van der Waals surface area contributed by atoms with Gasteiger partial charge in [0.2, 0.25) is 5.91 Å². The molecule has 0 spiro atoms. The number of nitrogens with one attached hydrogen (secondary N) is 1. The van der Waals surface area contributed by atoms with E-state index in [1.807, 2.05) is 0 Å². The van der Waals surface area contributed by atoms with Crippen molar-refractivity contribution in [3.8, 4) is 0 Å². The van der Waals surface area contributed by atoms with Crippen LogP contribution in [0.1, 0.15) is 6.42 Å². The van der Waals surface area contributed by atoms with Crippen molar-refractivity contribution < 1.29 is 14.0 Å². The maximum absolute atomic E-state index is 13.5. The Kier molecular flexibility index (Phi) is 2.47. The van der Waals surface area contributed by atoms with Crippen molar-refractivity contribution in [3.05, 3.63) is 24.0 Å². The van der Waals surface area contributed by atoms with E-state index in [-0.39, 0.29) is 24.6 Å². The summed E-state index contributed by atoms with van der Waals surface area (Å²) in [7, 11) is 0. The first-order chi connectivity index (χ1) is 7.58. The molecule has 0 aromatic heterocycles. The van der Waals surface area contributed by atoms with Gasteiger partial charge in [0.25, 0.3) is 0 Å². The predicted octanol–water partition coefficient (Wildman–Crippen LogP) is 0.854. The Hall–Kier alpha value is -2.11. The fraction of sp³-hybridized carbons (Fsp3) is 0.200. The van der Waals surface area contributed by atoms with Crippen LogP contribution in [0.3, 0.4) is 0 Å². The summed E-state index contributed by atoms with van der Waals surface area (Å²) in [5, 5.41) is 2.12. The molecule has 16 heavy (non-hydrogen) atoms. The largest absolute Gasteiger partial charge is 0.399 e. The topological polar surface area (TPSA) is 75.4 Å². The van der Waals surface area contributed by atoms with Crippen LogP contribution in [-0.2, 0) is 4.79 Å². The summed E-state index contributed by atoms with van der Waals surface area (Å²) in [5.74, 6) is -0.899. The van der Waals surface area contributed by atoms with Crippen LogP contribution in [0, 0.1) is 5.82 Å². The second-order valence-electron chi connectivity index (χ2n) is 3.47. The average Bonchev–Trinajstić information content (AvgIpc) is 2.22. The molecule has 0 bridgehead atoms. The van der Waals surface area contributed by atoms with Gasteiger partial charge in [-0.05, 0) is 18.2 Å². The number of benzene rings is 1. The van der Waals surface area contributed by atoms with Gasteiger partial charge in [-0.2, -0.15) is 0 Å². The normalized spacial score (nSPS) is 16.2. The molecule has 0 aliphatic carbocycles. The van der Waals surface area contributed by atoms with E-state index < -0.39 is 11.8 Å². The fourth-order valence-electron chi connectivity index (χ4n) is 1.53. The number of imide groups is 1. The summed E-state index contributed by atoms with van der Waals surface area (Å²) < 4.78 is 13.5. The Bertz CT molecular complexity index is 461. The van der Waals surface area contributed by atoms with Gasteiger partial charge in [-0.1, -0.05) is 0 Å². The lowest BCUT2D eigenvalue weighted by Crippen LogP contribution is -2.49. The highest BCUT2D eigenvalue weighted by Gasteiger charge is 2.26. The summed E-state index contributed by atoms with van der Waals surface area (Å²) in [6.45, 7) is 0.158. The molecule has 3 N–H and O–H groups in total. The molecule has 1 aromatic rings. The number of amides is 3. The summed E-state index contributed by atoms with van der Waals surface area (Å²) in [6, 6.07) is 3.34. The van der Waals surface area contributed by atoms with Crippen LogP contribution >= 0.6 is 0 Å². The van der Waals surface area contributed by atoms with Crippen LogP contribution in [0.25, 0.3) is 0 Å². The molecule has 2 rings (SSSR count). The quantitative estimate of drug-likeness (QED) is 0.693. The van der Waals surface area contributed by atoms with Gasteiger partial charge in [0.05, 0.1) is 5.69 Å². The molecule has 6 heteroatoms. The number of carbonyl (C=O) groups excluding carboxylic acids is 2. The number of carbonyl (C=O) groups is 2. The number of hydrogen-bond acceptors (Lipinski definition) is 3. The Morgan fingerprint density at radius 3 is 2.81 bits per heavy atom. The highest BCUT2D eigenvalue weighted by atomic mass is 19.1. The van der Waals surface area contributed by atoms with Crippen molar-refractivity contribution in [3.63, 3.8) is 0 Å². The number of anilines is 2. The van der Waals surface area contributed by atoms with Crippen LogP contribution in [0.4, 0.5) is 20.6 Å². The van der Waals surface area contributed by atoms with E-state index in [9.17, 15) is 14.0 Å². The third kappa shape index (κ3) is 1.81. The van der Waals surface area contributed by atoms with Gasteiger partial charge in [-0.3, -0.25) is 15.0 Å². The third-order valence-corrected chi connectivity index (χ3v) is 2.31. The molecule has 1 fully saturated rings. The highest BCUT2D eigenvalue weighted by molar-refractivity contribution is 6.05. The molecule has 5 nitrogen and oxygen atoms in total. The van der Waals surface area contributed by atoms with Crippen LogP contribution < -0.4 is 16.0 Å². The molecule has 84 valence electrons. The van der Waals surface area contributed by atoms with Gasteiger partial charge < -0.3 is 5.73 Å². The minimum absolute atomic E-state index is 0.0880. The number of nitrogen functional groups attached to an aromatic ring is 1. The Morgan fingerprint density at radius 1 is 1.38 bits per heavy atom. The molecular formula is C10H10FN3O2. The van der Waals surface area contributed by atoms with E-state index in [1.165, 1.54) is 18.2 Å². The van der Waals surface area contributed by atoms with Gasteiger partial charge >= 0.3 is 6.03 Å². The SMILES string of the molecule is Nc1ccc(F)c(N2CCC(=O)NC2=O)c1. The van der Waals surface area contributed by atoms with Gasteiger partial charge in [0, 0.05) is 18.7 Å². The molecule has 1 aromatic carbocycles. The van der Waals surface area contributed by atoms with Gasteiger partial charge in [-0.25, -0.2) is 9.18 Å². The number of nitrogens with zero attached hydrogens (tertiary/aromatic N) is 1. The summed E-state index contributed by atoms with van der Waals surface area (Å²) in [4.78, 5) is 23.5. The van der Waals surface area contributed by atoms with Crippen molar-refractivity contribution in [2.45, 2.75) is 6.42 Å². The lowest BCUT2D eigenvalue weighted by atomic mass is 10.2. The molecule has 1 saturated heterocycles. The number of halogens is 1. The number of rotatable bonds is 1. The number of hydrogen-bond donors (Lipinski definition) is 2. The Morgan fingerprint density at radius 2 is 2.12 bits per heavy atom. The summed E-state index contributed by atoms with van der Waals surface area (Å²) in [6.07, 6.45) is 0.153. The van der Waals surface area contributed by atoms with Crippen LogP contribution in [0.15, 0.2) is 18.2 Å². The second-order valence-corrected chi connectivity index (χ2v) is 3.47. The molecule has 1 aliphatic rings. The van der Waals surface area contributed by atoms with Crippen molar-refractivity contribution >= 4 is 23.3 Å². The van der Waals surface area contributed by atoms with E-state index in [0.717, 1.165) is 4.90 Å². The van der Waals surface area contributed by atoms with E-state index in [2.05, 4.69) is 5.32 Å². The van der Waals surface area contributed by atoms with Gasteiger partial charge in [0.15, 0.2) is 0 Å². The molecule has 0 unspecified atom stereocenters. The van der Waals surface area contributed by atoms with Gasteiger partial charge in [0.1, 0.15) is 5.82 Å².